The molecule has 0 unspecified atom stereocenters. The number of ether oxygens (including phenoxy) is 2. The Hall–Kier alpha value is -3.47. The Morgan fingerprint density at radius 2 is 1.65 bits per heavy atom. The molecular weight excluding hydrogens is 613 g/mol. The first-order valence-electron chi connectivity index (χ1n) is 14.0. The quantitative estimate of drug-likeness (QED) is 0.294. The molecule has 9 nitrogen and oxygen atoms in total. The SMILES string of the molecule is CCS(=O)(=O)N(CC(=O)N(Cc1ccc(Cl)cc1Cl)[C@@H](Cc1ccccc1)C(=O)NC(C)C)c1ccc2c(c1)OCCO2. The molecule has 2 amide bonds. The van der Waals surface area contributed by atoms with Gasteiger partial charge in [0, 0.05) is 35.1 Å². The van der Waals surface area contributed by atoms with Crippen LogP contribution in [0.25, 0.3) is 0 Å². The number of anilines is 1. The van der Waals surface area contributed by atoms with Crippen LogP contribution < -0.4 is 19.1 Å². The first-order chi connectivity index (χ1) is 20.5. The molecule has 3 aromatic carbocycles. The summed E-state index contributed by atoms with van der Waals surface area (Å²) < 4.78 is 39.1. The molecule has 0 spiro atoms. The van der Waals surface area contributed by atoms with Crippen molar-refractivity contribution in [3.63, 3.8) is 0 Å². The number of sulfonamides is 1. The summed E-state index contributed by atoms with van der Waals surface area (Å²) in [6.45, 7) is 5.25. The molecule has 43 heavy (non-hydrogen) atoms. The Bertz CT molecular complexity index is 1550. The van der Waals surface area contributed by atoms with Crippen molar-refractivity contribution in [1.29, 1.82) is 0 Å². The van der Waals surface area contributed by atoms with Gasteiger partial charge in [0.25, 0.3) is 0 Å². The fraction of sp³-hybridized carbons (Fsp3) is 0.355. The number of benzene rings is 3. The first kappa shape index (κ1) is 32.4. The van der Waals surface area contributed by atoms with Crippen LogP contribution in [0.3, 0.4) is 0 Å². The minimum atomic E-state index is -3.93. The topological polar surface area (TPSA) is 105 Å². The number of fused-ring (bicyclic) bond motifs is 1. The lowest BCUT2D eigenvalue weighted by Crippen LogP contribution is -2.54. The van der Waals surface area contributed by atoms with Crippen molar-refractivity contribution in [3.05, 3.63) is 87.9 Å². The van der Waals surface area contributed by atoms with E-state index in [0.29, 0.717) is 40.3 Å². The Kier molecular flexibility index (Phi) is 10.8. The van der Waals surface area contributed by atoms with Crippen molar-refractivity contribution in [2.24, 2.45) is 0 Å². The van der Waals surface area contributed by atoms with Gasteiger partial charge in [-0.25, -0.2) is 8.42 Å². The Labute approximate surface area is 262 Å². The smallest absolute Gasteiger partial charge is 0.244 e. The monoisotopic (exact) mass is 647 g/mol. The molecule has 1 heterocycles. The van der Waals surface area contributed by atoms with Crippen LogP contribution in [0.4, 0.5) is 5.69 Å². The average Bonchev–Trinajstić information content (AvgIpc) is 2.98. The number of halogens is 2. The van der Waals surface area contributed by atoms with Crippen LogP contribution in [0.5, 0.6) is 11.5 Å². The number of nitrogens with one attached hydrogen (secondary N) is 1. The predicted octanol–water partition coefficient (Wildman–Crippen LogP) is 5.09. The number of nitrogens with zero attached hydrogens (tertiary/aromatic N) is 2. The second-order valence-corrected chi connectivity index (χ2v) is 13.4. The highest BCUT2D eigenvalue weighted by Crippen LogP contribution is 2.35. The van der Waals surface area contributed by atoms with Crippen molar-refractivity contribution in [3.8, 4) is 11.5 Å². The number of rotatable bonds is 12. The van der Waals surface area contributed by atoms with Gasteiger partial charge in [0.05, 0.1) is 11.4 Å². The molecule has 0 aliphatic carbocycles. The van der Waals surface area contributed by atoms with Crippen molar-refractivity contribution in [1.82, 2.24) is 10.2 Å². The first-order valence-corrected chi connectivity index (χ1v) is 16.3. The molecule has 3 aromatic rings. The van der Waals surface area contributed by atoms with Gasteiger partial charge in [-0.3, -0.25) is 13.9 Å². The number of carbonyl (C=O) groups is 2. The van der Waals surface area contributed by atoms with E-state index in [0.717, 1.165) is 9.87 Å². The highest BCUT2D eigenvalue weighted by Gasteiger charge is 2.34. The molecule has 1 atom stereocenters. The number of hydrogen-bond acceptors (Lipinski definition) is 6. The van der Waals surface area contributed by atoms with Crippen molar-refractivity contribution < 1.29 is 27.5 Å². The van der Waals surface area contributed by atoms with E-state index in [4.69, 9.17) is 32.7 Å². The fourth-order valence-electron chi connectivity index (χ4n) is 4.68. The van der Waals surface area contributed by atoms with Crippen molar-refractivity contribution in [2.45, 2.75) is 45.8 Å². The zero-order valence-electron chi connectivity index (χ0n) is 24.3. The largest absolute Gasteiger partial charge is 0.486 e. The van der Waals surface area contributed by atoms with Crippen LogP contribution in [0.2, 0.25) is 10.0 Å². The van der Waals surface area contributed by atoms with Gasteiger partial charge in [0.2, 0.25) is 21.8 Å². The standard InChI is InChI=1S/C31H35Cl2N3O6S/c1-4-43(39,40)36(25-12-13-28-29(18-25)42-15-14-41-28)20-30(37)35(19-23-10-11-24(32)17-26(23)33)27(31(38)34-21(2)3)16-22-8-6-5-7-9-22/h5-13,17-18,21,27H,4,14-16,19-20H2,1-3H3,(H,34,38)/t27-/m0/s1. The van der Waals surface area contributed by atoms with Gasteiger partial charge in [-0.1, -0.05) is 59.6 Å². The molecular formula is C31H35Cl2N3O6S. The van der Waals surface area contributed by atoms with E-state index < -0.39 is 28.5 Å². The molecule has 1 N–H and O–H groups in total. The van der Waals surface area contributed by atoms with Crippen LogP contribution in [0.1, 0.15) is 31.9 Å². The van der Waals surface area contributed by atoms with Crippen molar-refractivity contribution >= 4 is 50.7 Å². The lowest BCUT2D eigenvalue weighted by Gasteiger charge is -2.34. The van der Waals surface area contributed by atoms with E-state index in [-0.39, 0.29) is 36.4 Å². The van der Waals surface area contributed by atoms with Crippen LogP contribution in [0.15, 0.2) is 66.7 Å². The minimum Gasteiger partial charge on any atom is -0.486 e. The van der Waals surface area contributed by atoms with Gasteiger partial charge in [-0.2, -0.15) is 0 Å². The van der Waals surface area contributed by atoms with E-state index in [1.165, 1.54) is 11.8 Å². The number of amides is 2. The third-order valence-corrected chi connectivity index (χ3v) is 9.18. The van der Waals surface area contributed by atoms with Gasteiger partial charge in [-0.05, 0) is 56.2 Å². The van der Waals surface area contributed by atoms with Crippen LogP contribution >= 0.6 is 23.2 Å². The minimum absolute atomic E-state index is 0.0565. The summed E-state index contributed by atoms with van der Waals surface area (Å²) >= 11 is 12.6. The zero-order valence-corrected chi connectivity index (χ0v) is 26.6. The molecule has 230 valence electrons. The summed E-state index contributed by atoms with van der Waals surface area (Å²) in [6, 6.07) is 17.8. The molecule has 0 aromatic heterocycles. The van der Waals surface area contributed by atoms with Gasteiger partial charge in [0.15, 0.2) is 11.5 Å². The van der Waals surface area contributed by atoms with E-state index in [9.17, 15) is 18.0 Å². The van der Waals surface area contributed by atoms with E-state index in [1.807, 2.05) is 44.2 Å². The molecule has 0 bridgehead atoms. The molecule has 0 saturated heterocycles. The second kappa shape index (κ2) is 14.3. The van der Waals surface area contributed by atoms with Crippen molar-refractivity contribution in [2.75, 3.05) is 29.8 Å². The van der Waals surface area contributed by atoms with Crippen LogP contribution in [-0.2, 0) is 32.6 Å². The van der Waals surface area contributed by atoms with E-state index in [1.54, 1.807) is 36.4 Å². The van der Waals surface area contributed by atoms with Crippen LogP contribution in [0, 0.1) is 0 Å². The maximum Gasteiger partial charge on any atom is 0.244 e. The van der Waals surface area contributed by atoms with Crippen LogP contribution in [-0.4, -0.2) is 62.7 Å². The lowest BCUT2D eigenvalue weighted by atomic mass is 10.0. The fourth-order valence-corrected chi connectivity index (χ4v) is 6.20. The molecule has 1 aliphatic rings. The Morgan fingerprint density at radius 3 is 2.30 bits per heavy atom. The number of carbonyl (C=O) groups excluding carboxylic acids is 2. The molecule has 12 heteroatoms. The predicted molar refractivity (Wildman–Crippen MR) is 168 cm³/mol. The zero-order chi connectivity index (χ0) is 31.1. The molecule has 1 aliphatic heterocycles. The van der Waals surface area contributed by atoms with Gasteiger partial charge in [0.1, 0.15) is 25.8 Å². The van der Waals surface area contributed by atoms with E-state index in [2.05, 4.69) is 5.32 Å². The second-order valence-electron chi connectivity index (χ2n) is 10.4. The van der Waals surface area contributed by atoms with E-state index >= 15 is 0 Å². The average molecular weight is 649 g/mol. The number of hydrogen-bond donors (Lipinski definition) is 1. The summed E-state index contributed by atoms with van der Waals surface area (Å²) in [4.78, 5) is 29.4. The molecule has 0 radical (unpaired) electrons. The van der Waals surface area contributed by atoms with Gasteiger partial charge < -0.3 is 19.7 Å². The summed E-state index contributed by atoms with van der Waals surface area (Å²) in [5, 5.41) is 3.66. The van der Waals surface area contributed by atoms with Gasteiger partial charge in [-0.15, -0.1) is 0 Å². The summed E-state index contributed by atoms with van der Waals surface area (Å²) in [5.74, 6) is -0.337. The third-order valence-electron chi connectivity index (χ3n) is 6.85. The Balaban J connectivity index is 1.77. The lowest BCUT2D eigenvalue weighted by molar-refractivity contribution is -0.140. The summed E-state index contributed by atoms with van der Waals surface area (Å²) in [6.07, 6.45) is 0.195. The maximum atomic E-state index is 14.3. The maximum absolute atomic E-state index is 14.3. The highest BCUT2D eigenvalue weighted by molar-refractivity contribution is 7.92. The Morgan fingerprint density at radius 1 is 0.953 bits per heavy atom. The summed E-state index contributed by atoms with van der Waals surface area (Å²) in [5.41, 5.74) is 1.63. The molecule has 0 fully saturated rings. The summed E-state index contributed by atoms with van der Waals surface area (Å²) in [7, 11) is -3.93. The normalized spacial score (nSPS) is 13.3. The molecule has 0 saturated carbocycles. The molecule has 4 rings (SSSR count). The third kappa shape index (κ3) is 8.34. The van der Waals surface area contributed by atoms with Gasteiger partial charge >= 0.3 is 0 Å². The highest BCUT2D eigenvalue weighted by atomic mass is 35.5.